The quantitative estimate of drug-likeness (QED) is 0.833. The number of rotatable bonds is 5. The number of aromatic nitrogens is 2. The van der Waals surface area contributed by atoms with Crippen LogP contribution in [0.2, 0.25) is 0 Å². The minimum Gasteiger partial charge on any atom is -0.424 e. The lowest BCUT2D eigenvalue weighted by molar-refractivity contribution is 0.263. The maximum atomic E-state index is 5.33. The zero-order valence-electron chi connectivity index (χ0n) is 10.3. The maximum absolute atomic E-state index is 5.33. The van der Waals surface area contributed by atoms with Gasteiger partial charge in [-0.25, -0.2) is 0 Å². The summed E-state index contributed by atoms with van der Waals surface area (Å²) in [5, 5.41) is 11.2. The molecule has 0 bridgehead atoms. The standard InChI is InChI=1S/C12H21N3O/c1-3-12(6-4-5-7-12)9-13-8-11-15-14-10(2)16-11/h13H,3-9H2,1-2H3. The summed E-state index contributed by atoms with van der Waals surface area (Å²) in [7, 11) is 0. The fourth-order valence-corrected chi connectivity index (χ4v) is 2.62. The third-order valence-corrected chi connectivity index (χ3v) is 3.76. The molecule has 0 atom stereocenters. The van der Waals surface area contributed by atoms with Crippen molar-refractivity contribution >= 4 is 0 Å². The molecule has 4 heteroatoms. The van der Waals surface area contributed by atoms with Crippen molar-refractivity contribution in [2.75, 3.05) is 6.54 Å². The van der Waals surface area contributed by atoms with Crippen molar-refractivity contribution in [1.82, 2.24) is 15.5 Å². The average Bonchev–Trinajstić information content (AvgIpc) is 2.89. The molecule has 16 heavy (non-hydrogen) atoms. The Hall–Kier alpha value is -0.900. The van der Waals surface area contributed by atoms with Gasteiger partial charge in [0.2, 0.25) is 11.8 Å². The Kier molecular flexibility index (Phi) is 3.59. The fraction of sp³-hybridized carbons (Fsp3) is 0.833. The Bertz CT molecular complexity index is 329. The monoisotopic (exact) mass is 223 g/mol. The van der Waals surface area contributed by atoms with Gasteiger partial charge in [0.1, 0.15) is 0 Å². The van der Waals surface area contributed by atoms with E-state index in [1.54, 1.807) is 0 Å². The summed E-state index contributed by atoms with van der Waals surface area (Å²) in [6.45, 7) is 5.89. The molecular formula is C12H21N3O. The lowest BCUT2D eigenvalue weighted by Gasteiger charge is -2.27. The largest absolute Gasteiger partial charge is 0.424 e. The first-order chi connectivity index (χ1) is 7.74. The Labute approximate surface area is 96.8 Å². The Morgan fingerprint density at radius 3 is 2.62 bits per heavy atom. The maximum Gasteiger partial charge on any atom is 0.230 e. The molecule has 0 radical (unpaired) electrons. The molecule has 1 aromatic heterocycles. The highest BCUT2D eigenvalue weighted by Gasteiger charge is 2.31. The van der Waals surface area contributed by atoms with Crippen LogP contribution in [0.5, 0.6) is 0 Å². The molecule has 1 N–H and O–H groups in total. The van der Waals surface area contributed by atoms with Crippen molar-refractivity contribution in [3.63, 3.8) is 0 Å². The van der Waals surface area contributed by atoms with Crippen molar-refractivity contribution < 1.29 is 4.42 Å². The average molecular weight is 223 g/mol. The first-order valence-electron chi connectivity index (χ1n) is 6.24. The van der Waals surface area contributed by atoms with Crippen LogP contribution in [0.25, 0.3) is 0 Å². The third-order valence-electron chi connectivity index (χ3n) is 3.76. The second kappa shape index (κ2) is 4.95. The van der Waals surface area contributed by atoms with Gasteiger partial charge in [-0.15, -0.1) is 10.2 Å². The van der Waals surface area contributed by atoms with E-state index in [0.29, 0.717) is 23.7 Å². The van der Waals surface area contributed by atoms with E-state index in [2.05, 4.69) is 22.4 Å². The summed E-state index contributed by atoms with van der Waals surface area (Å²) < 4.78 is 5.33. The second-order valence-electron chi connectivity index (χ2n) is 4.88. The topological polar surface area (TPSA) is 51.0 Å². The highest BCUT2D eigenvalue weighted by molar-refractivity contribution is 4.86. The zero-order valence-corrected chi connectivity index (χ0v) is 10.3. The molecule has 1 heterocycles. The second-order valence-corrected chi connectivity index (χ2v) is 4.88. The smallest absolute Gasteiger partial charge is 0.230 e. The Morgan fingerprint density at radius 2 is 2.06 bits per heavy atom. The van der Waals surface area contributed by atoms with Gasteiger partial charge in [-0.2, -0.15) is 0 Å². The summed E-state index contributed by atoms with van der Waals surface area (Å²) >= 11 is 0. The van der Waals surface area contributed by atoms with Crippen molar-refractivity contribution in [2.24, 2.45) is 5.41 Å². The van der Waals surface area contributed by atoms with Gasteiger partial charge in [0.05, 0.1) is 6.54 Å². The number of nitrogens with zero attached hydrogens (tertiary/aromatic N) is 2. The van der Waals surface area contributed by atoms with Gasteiger partial charge in [0, 0.05) is 13.5 Å². The van der Waals surface area contributed by atoms with Crippen LogP contribution in [0.1, 0.15) is 50.8 Å². The SMILES string of the molecule is CCC1(CNCc2nnc(C)o2)CCCC1. The van der Waals surface area contributed by atoms with Gasteiger partial charge in [-0.05, 0) is 24.7 Å². The third kappa shape index (κ3) is 2.61. The molecule has 0 spiro atoms. The zero-order chi connectivity index (χ0) is 11.4. The highest BCUT2D eigenvalue weighted by Crippen LogP contribution is 2.40. The van der Waals surface area contributed by atoms with Crippen LogP contribution in [-0.2, 0) is 6.54 Å². The van der Waals surface area contributed by atoms with Crippen molar-refractivity contribution in [3.8, 4) is 0 Å². The summed E-state index contributed by atoms with van der Waals surface area (Å²) in [4.78, 5) is 0. The van der Waals surface area contributed by atoms with Crippen LogP contribution >= 0.6 is 0 Å². The summed E-state index contributed by atoms with van der Waals surface area (Å²) in [6.07, 6.45) is 6.76. The summed E-state index contributed by atoms with van der Waals surface area (Å²) in [6, 6.07) is 0. The number of hydrogen-bond acceptors (Lipinski definition) is 4. The minimum atomic E-state index is 0.523. The molecule has 1 aliphatic rings. The Morgan fingerprint density at radius 1 is 1.31 bits per heavy atom. The van der Waals surface area contributed by atoms with Crippen LogP contribution in [0, 0.1) is 12.3 Å². The van der Waals surface area contributed by atoms with E-state index < -0.39 is 0 Å². The molecule has 0 amide bonds. The summed E-state index contributed by atoms with van der Waals surface area (Å²) in [5.41, 5.74) is 0.523. The molecule has 0 aliphatic heterocycles. The van der Waals surface area contributed by atoms with E-state index in [4.69, 9.17) is 4.42 Å². The molecule has 0 saturated heterocycles. The van der Waals surface area contributed by atoms with Crippen molar-refractivity contribution in [1.29, 1.82) is 0 Å². The normalized spacial score (nSPS) is 19.1. The van der Waals surface area contributed by atoms with Crippen LogP contribution in [0.4, 0.5) is 0 Å². The van der Waals surface area contributed by atoms with Gasteiger partial charge in [0.25, 0.3) is 0 Å². The van der Waals surface area contributed by atoms with Crippen LogP contribution in [0.15, 0.2) is 4.42 Å². The van der Waals surface area contributed by atoms with Gasteiger partial charge >= 0.3 is 0 Å². The van der Waals surface area contributed by atoms with Crippen LogP contribution < -0.4 is 5.32 Å². The van der Waals surface area contributed by atoms with Gasteiger partial charge < -0.3 is 9.73 Å². The molecule has 0 unspecified atom stereocenters. The van der Waals surface area contributed by atoms with Gasteiger partial charge in [0.15, 0.2) is 0 Å². The molecule has 0 aromatic carbocycles. The van der Waals surface area contributed by atoms with Crippen molar-refractivity contribution in [3.05, 3.63) is 11.8 Å². The van der Waals surface area contributed by atoms with E-state index in [-0.39, 0.29) is 0 Å². The molecule has 1 aliphatic carbocycles. The van der Waals surface area contributed by atoms with E-state index in [1.807, 2.05) is 6.92 Å². The van der Waals surface area contributed by atoms with E-state index in [0.717, 1.165) is 6.54 Å². The molecule has 2 rings (SSSR count). The lowest BCUT2D eigenvalue weighted by Crippen LogP contribution is -2.31. The first-order valence-corrected chi connectivity index (χ1v) is 6.24. The minimum absolute atomic E-state index is 0.523. The van der Waals surface area contributed by atoms with E-state index in [9.17, 15) is 0 Å². The molecule has 1 aromatic rings. The highest BCUT2D eigenvalue weighted by atomic mass is 16.4. The number of nitrogens with one attached hydrogen (secondary N) is 1. The number of hydrogen-bond donors (Lipinski definition) is 1. The van der Waals surface area contributed by atoms with Crippen LogP contribution in [0.3, 0.4) is 0 Å². The van der Waals surface area contributed by atoms with E-state index in [1.165, 1.54) is 32.1 Å². The Balaban J connectivity index is 1.78. The van der Waals surface area contributed by atoms with E-state index >= 15 is 0 Å². The fourth-order valence-electron chi connectivity index (χ4n) is 2.62. The van der Waals surface area contributed by atoms with Gasteiger partial charge in [-0.3, -0.25) is 0 Å². The van der Waals surface area contributed by atoms with Crippen molar-refractivity contribution in [2.45, 2.75) is 52.5 Å². The lowest BCUT2D eigenvalue weighted by atomic mass is 9.83. The molecule has 4 nitrogen and oxygen atoms in total. The molecule has 1 saturated carbocycles. The molecular weight excluding hydrogens is 202 g/mol. The predicted molar refractivity (Wildman–Crippen MR) is 61.9 cm³/mol. The number of aryl methyl sites for hydroxylation is 1. The molecule has 90 valence electrons. The first kappa shape index (κ1) is 11.6. The summed E-state index contributed by atoms with van der Waals surface area (Å²) in [5.74, 6) is 1.34. The molecule has 1 fully saturated rings. The van der Waals surface area contributed by atoms with Gasteiger partial charge in [-0.1, -0.05) is 19.8 Å². The predicted octanol–water partition coefficient (Wildman–Crippen LogP) is 2.44. The van der Waals surface area contributed by atoms with Crippen LogP contribution in [-0.4, -0.2) is 16.7 Å².